The summed E-state index contributed by atoms with van der Waals surface area (Å²) in [5.41, 5.74) is 2.42. The highest BCUT2D eigenvalue weighted by atomic mass is 16.6. The standard InChI is InChI=1S/C23H34N4O3/c1-5-18(6-2)26(3)23(28)29-16-21-22(24-25-27(21)4)17-12-14-20(15-13-17)30-19-10-8-7-9-11-19/h12-15,18-19H,5-11,16H2,1-4H3. The Hall–Kier alpha value is -2.57. The highest BCUT2D eigenvalue weighted by Crippen LogP contribution is 2.27. The molecule has 0 aliphatic heterocycles. The quantitative estimate of drug-likeness (QED) is 0.611. The topological polar surface area (TPSA) is 69.5 Å². The van der Waals surface area contributed by atoms with E-state index in [1.54, 1.807) is 16.6 Å². The zero-order chi connectivity index (χ0) is 21.5. The van der Waals surface area contributed by atoms with Crippen LogP contribution in [0.3, 0.4) is 0 Å². The monoisotopic (exact) mass is 414 g/mol. The smallest absolute Gasteiger partial charge is 0.410 e. The van der Waals surface area contributed by atoms with Gasteiger partial charge in [-0.3, -0.25) is 0 Å². The first-order chi connectivity index (χ1) is 14.5. The Morgan fingerprint density at radius 2 is 1.83 bits per heavy atom. The van der Waals surface area contributed by atoms with Crippen LogP contribution in [0.1, 0.15) is 64.5 Å². The fraction of sp³-hybridized carbons (Fsp3) is 0.609. The number of nitrogens with zero attached hydrogens (tertiary/aromatic N) is 4. The molecule has 164 valence electrons. The van der Waals surface area contributed by atoms with Gasteiger partial charge in [0.2, 0.25) is 0 Å². The number of carbonyl (C=O) groups excluding carboxylic acids is 1. The Bertz CT molecular complexity index is 808. The van der Waals surface area contributed by atoms with Gasteiger partial charge in [-0.15, -0.1) is 5.10 Å². The van der Waals surface area contributed by atoms with E-state index < -0.39 is 0 Å². The summed E-state index contributed by atoms with van der Waals surface area (Å²) in [6.45, 7) is 4.27. The molecule has 0 saturated heterocycles. The van der Waals surface area contributed by atoms with Gasteiger partial charge in [0.25, 0.3) is 0 Å². The van der Waals surface area contributed by atoms with Crippen LogP contribution in [0, 0.1) is 0 Å². The molecule has 1 aliphatic carbocycles. The molecule has 7 heteroatoms. The summed E-state index contributed by atoms with van der Waals surface area (Å²) in [6, 6.07) is 8.12. The zero-order valence-corrected chi connectivity index (χ0v) is 18.6. The van der Waals surface area contributed by atoms with Crippen molar-refractivity contribution < 1.29 is 14.3 Å². The van der Waals surface area contributed by atoms with Crippen molar-refractivity contribution >= 4 is 6.09 Å². The molecule has 1 fully saturated rings. The van der Waals surface area contributed by atoms with E-state index in [-0.39, 0.29) is 18.7 Å². The first-order valence-corrected chi connectivity index (χ1v) is 11.1. The maximum absolute atomic E-state index is 12.4. The Morgan fingerprint density at radius 1 is 1.17 bits per heavy atom. The van der Waals surface area contributed by atoms with Crippen molar-refractivity contribution in [1.29, 1.82) is 0 Å². The molecule has 0 bridgehead atoms. The molecule has 0 radical (unpaired) electrons. The third-order valence-electron chi connectivity index (χ3n) is 6.04. The molecule has 7 nitrogen and oxygen atoms in total. The van der Waals surface area contributed by atoms with Gasteiger partial charge in [0.05, 0.1) is 6.10 Å². The van der Waals surface area contributed by atoms with Gasteiger partial charge in [-0.1, -0.05) is 25.5 Å². The van der Waals surface area contributed by atoms with Gasteiger partial charge in [0.15, 0.2) is 0 Å². The molecule has 1 aromatic carbocycles. The lowest BCUT2D eigenvalue weighted by Crippen LogP contribution is -2.36. The zero-order valence-electron chi connectivity index (χ0n) is 18.6. The molecule has 2 aromatic rings. The predicted molar refractivity (Wildman–Crippen MR) is 116 cm³/mol. The predicted octanol–water partition coefficient (Wildman–Crippen LogP) is 4.95. The van der Waals surface area contributed by atoms with Crippen LogP contribution in [-0.4, -0.2) is 45.2 Å². The minimum atomic E-state index is -0.327. The van der Waals surface area contributed by atoms with Crippen LogP contribution >= 0.6 is 0 Å². The number of hydrogen-bond acceptors (Lipinski definition) is 5. The molecule has 1 aliphatic rings. The average Bonchev–Trinajstić information content (AvgIpc) is 3.14. The second-order valence-corrected chi connectivity index (χ2v) is 8.05. The summed E-state index contributed by atoms with van der Waals surface area (Å²) in [5, 5.41) is 8.42. The summed E-state index contributed by atoms with van der Waals surface area (Å²) in [4.78, 5) is 14.1. The van der Waals surface area contributed by atoms with Gasteiger partial charge in [-0.05, 0) is 62.8 Å². The van der Waals surface area contributed by atoms with Crippen LogP contribution in [0.25, 0.3) is 11.3 Å². The maximum atomic E-state index is 12.4. The van der Waals surface area contributed by atoms with E-state index >= 15 is 0 Å². The fourth-order valence-corrected chi connectivity index (χ4v) is 4.05. The summed E-state index contributed by atoms with van der Waals surface area (Å²) < 4.78 is 13.3. The lowest BCUT2D eigenvalue weighted by atomic mass is 9.98. The first-order valence-electron chi connectivity index (χ1n) is 11.1. The minimum Gasteiger partial charge on any atom is -0.490 e. The highest BCUT2D eigenvalue weighted by Gasteiger charge is 2.21. The van der Waals surface area contributed by atoms with Crippen LogP contribution in [0.5, 0.6) is 5.75 Å². The Kier molecular flexibility index (Phi) is 7.71. The Labute approximate surface area is 179 Å². The largest absolute Gasteiger partial charge is 0.490 e. The molecule has 1 saturated carbocycles. The number of hydrogen-bond donors (Lipinski definition) is 0. The van der Waals surface area contributed by atoms with Crippen molar-refractivity contribution in [2.24, 2.45) is 7.05 Å². The summed E-state index contributed by atoms with van der Waals surface area (Å²) >= 11 is 0. The second-order valence-electron chi connectivity index (χ2n) is 8.05. The Morgan fingerprint density at radius 3 is 2.47 bits per heavy atom. The third kappa shape index (κ3) is 5.32. The lowest BCUT2D eigenvalue weighted by molar-refractivity contribution is 0.0875. The van der Waals surface area contributed by atoms with Crippen molar-refractivity contribution in [3.63, 3.8) is 0 Å². The number of aromatic nitrogens is 3. The second kappa shape index (κ2) is 10.5. The molecular weight excluding hydrogens is 380 g/mol. The van der Waals surface area contributed by atoms with Gasteiger partial charge in [0.1, 0.15) is 23.7 Å². The van der Waals surface area contributed by atoms with Crippen molar-refractivity contribution in [1.82, 2.24) is 19.9 Å². The van der Waals surface area contributed by atoms with Crippen molar-refractivity contribution in [3.05, 3.63) is 30.0 Å². The van der Waals surface area contributed by atoms with E-state index in [2.05, 4.69) is 24.2 Å². The van der Waals surface area contributed by atoms with Gasteiger partial charge in [0, 0.05) is 25.7 Å². The number of rotatable bonds is 8. The molecule has 0 spiro atoms. The van der Waals surface area contributed by atoms with E-state index in [1.807, 2.05) is 31.3 Å². The average molecular weight is 415 g/mol. The minimum absolute atomic E-state index is 0.127. The number of ether oxygens (including phenoxy) is 2. The van der Waals surface area contributed by atoms with Gasteiger partial charge < -0.3 is 14.4 Å². The van der Waals surface area contributed by atoms with Crippen molar-refractivity contribution in [2.75, 3.05) is 7.05 Å². The molecular formula is C23H34N4O3. The molecule has 1 amide bonds. The number of carbonyl (C=O) groups is 1. The number of amides is 1. The number of aryl methyl sites for hydroxylation is 1. The SMILES string of the molecule is CCC(CC)N(C)C(=O)OCc1c(-c2ccc(OC3CCCCC3)cc2)nnn1C. The number of benzene rings is 1. The molecule has 0 unspecified atom stereocenters. The fourth-order valence-electron chi connectivity index (χ4n) is 4.05. The molecule has 0 atom stereocenters. The summed E-state index contributed by atoms with van der Waals surface area (Å²) in [5.74, 6) is 0.884. The lowest BCUT2D eigenvalue weighted by Gasteiger charge is -2.25. The molecule has 3 rings (SSSR count). The third-order valence-corrected chi connectivity index (χ3v) is 6.04. The van der Waals surface area contributed by atoms with E-state index in [0.29, 0.717) is 6.10 Å². The van der Waals surface area contributed by atoms with Gasteiger partial charge >= 0.3 is 6.09 Å². The van der Waals surface area contributed by atoms with E-state index in [4.69, 9.17) is 9.47 Å². The molecule has 1 heterocycles. The maximum Gasteiger partial charge on any atom is 0.410 e. The highest BCUT2D eigenvalue weighted by molar-refractivity contribution is 5.68. The van der Waals surface area contributed by atoms with Crippen LogP contribution in [0.2, 0.25) is 0 Å². The van der Waals surface area contributed by atoms with Crippen molar-refractivity contribution in [3.8, 4) is 17.0 Å². The van der Waals surface area contributed by atoms with Crippen molar-refractivity contribution in [2.45, 2.75) is 77.5 Å². The van der Waals surface area contributed by atoms with E-state index in [0.717, 1.165) is 48.4 Å². The van der Waals surface area contributed by atoms with Gasteiger partial charge in [-0.25, -0.2) is 9.48 Å². The Balaban J connectivity index is 1.65. The molecule has 0 N–H and O–H groups in total. The van der Waals surface area contributed by atoms with Gasteiger partial charge in [-0.2, -0.15) is 0 Å². The normalized spacial score (nSPS) is 14.7. The summed E-state index contributed by atoms with van der Waals surface area (Å²) in [6.07, 6.45) is 7.86. The first kappa shape index (κ1) is 22.1. The summed E-state index contributed by atoms with van der Waals surface area (Å²) in [7, 11) is 3.60. The van der Waals surface area contributed by atoms with Crippen LogP contribution in [0.15, 0.2) is 24.3 Å². The molecule has 30 heavy (non-hydrogen) atoms. The van der Waals surface area contributed by atoms with Crippen LogP contribution in [0.4, 0.5) is 4.79 Å². The van der Waals surface area contributed by atoms with Crippen LogP contribution < -0.4 is 4.74 Å². The molecule has 1 aromatic heterocycles. The van der Waals surface area contributed by atoms with Crippen LogP contribution in [-0.2, 0) is 18.4 Å². The van der Waals surface area contributed by atoms with E-state index in [9.17, 15) is 4.79 Å². The van der Waals surface area contributed by atoms with E-state index in [1.165, 1.54) is 19.3 Å².